The molecule has 0 fully saturated rings. The van der Waals surface area contributed by atoms with Crippen molar-refractivity contribution in [3.8, 4) is 11.8 Å². The number of halogens is 2. The number of benzene rings is 2. The van der Waals surface area contributed by atoms with Crippen molar-refractivity contribution in [1.29, 1.82) is 5.26 Å². The zero-order chi connectivity index (χ0) is 15.4. The maximum absolute atomic E-state index is 11.2. The van der Waals surface area contributed by atoms with E-state index >= 15 is 0 Å². The van der Waals surface area contributed by atoms with E-state index in [1.165, 1.54) is 12.1 Å². The van der Waals surface area contributed by atoms with Gasteiger partial charge in [-0.1, -0.05) is 35.3 Å². The number of carbonyl (C=O) groups is 1. The summed E-state index contributed by atoms with van der Waals surface area (Å²) in [6.45, 7) is 0.0944. The molecule has 0 aliphatic heterocycles. The third-order valence-corrected chi connectivity index (χ3v) is 3.18. The summed E-state index contributed by atoms with van der Waals surface area (Å²) < 4.78 is 5.49. The topological polar surface area (TPSA) is 70.3 Å². The van der Waals surface area contributed by atoms with Gasteiger partial charge in [0, 0.05) is 5.02 Å². The first kappa shape index (κ1) is 15.2. The molecule has 0 radical (unpaired) electrons. The standard InChI is InChI=1S/C15H9Cl2NO3/c16-11-5-12(15(19)20)14(13(17)6-11)21-8-10-3-1-2-9(4-10)7-18/h1-6H,8H2,(H,19,20). The Hall–Kier alpha value is -2.22. The molecule has 106 valence electrons. The lowest BCUT2D eigenvalue weighted by atomic mass is 10.1. The minimum atomic E-state index is -1.18. The van der Waals surface area contributed by atoms with Gasteiger partial charge in [0.2, 0.25) is 0 Å². The number of aromatic carboxylic acids is 1. The SMILES string of the molecule is N#Cc1cccc(COc2c(Cl)cc(Cl)cc2C(=O)O)c1. The van der Waals surface area contributed by atoms with E-state index in [-0.39, 0.29) is 28.0 Å². The first-order chi connectivity index (χ1) is 10.0. The quantitative estimate of drug-likeness (QED) is 0.918. The summed E-state index contributed by atoms with van der Waals surface area (Å²) in [6, 6.07) is 11.5. The van der Waals surface area contributed by atoms with Gasteiger partial charge in [0.25, 0.3) is 0 Å². The zero-order valence-electron chi connectivity index (χ0n) is 10.6. The molecule has 0 atom stereocenters. The van der Waals surface area contributed by atoms with Crippen LogP contribution in [0.4, 0.5) is 0 Å². The minimum absolute atomic E-state index is 0.0518. The fourth-order valence-corrected chi connectivity index (χ4v) is 2.30. The minimum Gasteiger partial charge on any atom is -0.486 e. The van der Waals surface area contributed by atoms with Gasteiger partial charge in [-0.05, 0) is 29.8 Å². The van der Waals surface area contributed by atoms with E-state index in [9.17, 15) is 4.79 Å². The van der Waals surface area contributed by atoms with E-state index in [1.807, 2.05) is 6.07 Å². The van der Waals surface area contributed by atoms with E-state index in [0.29, 0.717) is 5.56 Å². The van der Waals surface area contributed by atoms with Gasteiger partial charge in [0.1, 0.15) is 12.2 Å². The van der Waals surface area contributed by atoms with Gasteiger partial charge >= 0.3 is 5.97 Å². The van der Waals surface area contributed by atoms with Crippen molar-refractivity contribution in [1.82, 2.24) is 0 Å². The van der Waals surface area contributed by atoms with E-state index in [1.54, 1.807) is 24.3 Å². The Kier molecular flexibility index (Phi) is 4.69. The van der Waals surface area contributed by atoms with Crippen molar-refractivity contribution in [3.05, 3.63) is 63.1 Å². The zero-order valence-corrected chi connectivity index (χ0v) is 12.1. The van der Waals surface area contributed by atoms with E-state index in [4.69, 9.17) is 38.3 Å². The third kappa shape index (κ3) is 3.66. The summed E-state index contributed by atoms with van der Waals surface area (Å²) >= 11 is 11.8. The van der Waals surface area contributed by atoms with Crippen LogP contribution in [0.2, 0.25) is 10.0 Å². The number of rotatable bonds is 4. The molecule has 21 heavy (non-hydrogen) atoms. The molecule has 6 heteroatoms. The van der Waals surface area contributed by atoms with Crippen molar-refractivity contribution in [2.45, 2.75) is 6.61 Å². The highest BCUT2D eigenvalue weighted by Crippen LogP contribution is 2.33. The summed E-state index contributed by atoms with van der Waals surface area (Å²) in [7, 11) is 0. The highest BCUT2D eigenvalue weighted by molar-refractivity contribution is 6.36. The van der Waals surface area contributed by atoms with Gasteiger partial charge in [-0.3, -0.25) is 0 Å². The van der Waals surface area contributed by atoms with Crippen LogP contribution >= 0.6 is 23.2 Å². The molecule has 1 N–H and O–H groups in total. The van der Waals surface area contributed by atoms with E-state index in [0.717, 1.165) is 5.56 Å². The van der Waals surface area contributed by atoms with Crippen LogP contribution in [0, 0.1) is 11.3 Å². The molecular formula is C15H9Cl2NO3. The Labute approximate surface area is 131 Å². The van der Waals surface area contributed by atoms with Gasteiger partial charge in [-0.25, -0.2) is 4.79 Å². The second kappa shape index (κ2) is 6.49. The Morgan fingerprint density at radius 1 is 1.29 bits per heavy atom. The second-order valence-electron chi connectivity index (χ2n) is 4.17. The van der Waals surface area contributed by atoms with Crippen molar-refractivity contribution < 1.29 is 14.6 Å². The number of hydrogen-bond donors (Lipinski definition) is 1. The average molecular weight is 322 g/mol. The van der Waals surface area contributed by atoms with Crippen LogP contribution in [0.1, 0.15) is 21.5 Å². The molecule has 2 rings (SSSR count). The molecule has 0 bridgehead atoms. The van der Waals surface area contributed by atoms with Gasteiger partial charge in [0.15, 0.2) is 5.75 Å². The van der Waals surface area contributed by atoms with Crippen LogP contribution < -0.4 is 4.74 Å². The second-order valence-corrected chi connectivity index (χ2v) is 5.01. The average Bonchev–Trinajstić information content (AvgIpc) is 2.45. The molecule has 0 spiro atoms. The van der Waals surface area contributed by atoms with E-state index in [2.05, 4.69) is 0 Å². The lowest BCUT2D eigenvalue weighted by Crippen LogP contribution is -2.04. The number of nitriles is 1. The summed E-state index contributed by atoms with van der Waals surface area (Å²) in [5.74, 6) is -1.13. The van der Waals surface area contributed by atoms with Crippen molar-refractivity contribution in [2.75, 3.05) is 0 Å². The maximum atomic E-state index is 11.2. The Morgan fingerprint density at radius 2 is 2.05 bits per heavy atom. The molecule has 0 aliphatic rings. The Bertz CT molecular complexity index is 738. The van der Waals surface area contributed by atoms with Crippen LogP contribution in [-0.4, -0.2) is 11.1 Å². The van der Waals surface area contributed by atoms with Crippen LogP contribution in [-0.2, 0) is 6.61 Å². The monoisotopic (exact) mass is 321 g/mol. The number of nitrogens with zero attached hydrogens (tertiary/aromatic N) is 1. The molecule has 0 aliphatic carbocycles. The molecule has 0 saturated carbocycles. The van der Waals surface area contributed by atoms with Crippen LogP contribution in [0.15, 0.2) is 36.4 Å². The van der Waals surface area contributed by atoms with Crippen LogP contribution in [0.25, 0.3) is 0 Å². The number of carboxylic acid groups (broad SMARTS) is 1. The predicted octanol–water partition coefficient (Wildman–Crippen LogP) is 4.14. The smallest absolute Gasteiger partial charge is 0.339 e. The predicted molar refractivity (Wildman–Crippen MR) is 78.9 cm³/mol. The molecule has 2 aromatic rings. The Balaban J connectivity index is 2.27. The molecule has 4 nitrogen and oxygen atoms in total. The number of ether oxygens (including phenoxy) is 1. The van der Waals surface area contributed by atoms with Crippen LogP contribution in [0.3, 0.4) is 0 Å². The van der Waals surface area contributed by atoms with Crippen LogP contribution in [0.5, 0.6) is 5.75 Å². The lowest BCUT2D eigenvalue weighted by molar-refractivity contribution is 0.0691. The number of carboxylic acids is 1. The third-order valence-electron chi connectivity index (χ3n) is 2.68. The van der Waals surface area contributed by atoms with Gasteiger partial charge in [-0.2, -0.15) is 5.26 Å². The molecule has 0 saturated heterocycles. The summed E-state index contributed by atoms with van der Waals surface area (Å²) in [6.07, 6.45) is 0. The van der Waals surface area contributed by atoms with Gasteiger partial charge in [0.05, 0.1) is 16.7 Å². The molecule has 0 amide bonds. The van der Waals surface area contributed by atoms with Crippen molar-refractivity contribution in [2.24, 2.45) is 0 Å². The maximum Gasteiger partial charge on any atom is 0.339 e. The lowest BCUT2D eigenvalue weighted by Gasteiger charge is -2.11. The van der Waals surface area contributed by atoms with Gasteiger partial charge in [-0.15, -0.1) is 0 Å². The first-order valence-electron chi connectivity index (χ1n) is 5.85. The van der Waals surface area contributed by atoms with Crippen molar-refractivity contribution >= 4 is 29.2 Å². The first-order valence-corrected chi connectivity index (χ1v) is 6.61. The normalized spacial score (nSPS) is 9.95. The molecule has 0 heterocycles. The molecule has 0 aromatic heterocycles. The molecule has 0 unspecified atom stereocenters. The fraction of sp³-hybridized carbons (Fsp3) is 0.0667. The number of hydrogen-bond acceptors (Lipinski definition) is 3. The molecule has 2 aromatic carbocycles. The van der Waals surface area contributed by atoms with E-state index < -0.39 is 5.97 Å². The highest BCUT2D eigenvalue weighted by atomic mass is 35.5. The summed E-state index contributed by atoms with van der Waals surface area (Å²) in [5, 5.41) is 18.3. The summed E-state index contributed by atoms with van der Waals surface area (Å²) in [4.78, 5) is 11.2. The fourth-order valence-electron chi connectivity index (χ4n) is 1.75. The Morgan fingerprint density at radius 3 is 2.71 bits per heavy atom. The largest absolute Gasteiger partial charge is 0.486 e. The van der Waals surface area contributed by atoms with Crippen molar-refractivity contribution in [3.63, 3.8) is 0 Å². The summed E-state index contributed by atoms with van der Waals surface area (Å²) in [5.41, 5.74) is 1.12. The molecular weight excluding hydrogens is 313 g/mol. The van der Waals surface area contributed by atoms with Gasteiger partial charge < -0.3 is 9.84 Å². The highest BCUT2D eigenvalue weighted by Gasteiger charge is 2.16.